The Morgan fingerprint density at radius 3 is 3.07 bits per heavy atom. The van der Waals surface area contributed by atoms with Gasteiger partial charge in [-0.3, -0.25) is 9.48 Å². The number of carbonyl (C=O) groups is 1. The molecule has 0 fully saturated rings. The fourth-order valence-electron chi connectivity index (χ4n) is 1.88. The number of hydrogen-bond acceptors (Lipinski definition) is 2. The molecule has 0 radical (unpaired) electrons. The minimum absolute atomic E-state index is 0.356. The minimum Gasteiger partial charge on any atom is -0.365 e. The van der Waals surface area contributed by atoms with Crippen LogP contribution in [0.4, 0.5) is 0 Å². The van der Waals surface area contributed by atoms with Gasteiger partial charge in [0.05, 0.1) is 11.3 Å². The molecule has 14 heavy (non-hydrogen) atoms. The normalized spacial score (nSPS) is 20.6. The highest BCUT2D eigenvalue weighted by Crippen LogP contribution is 2.24. The van der Waals surface area contributed by atoms with Crippen LogP contribution in [0.2, 0.25) is 0 Å². The summed E-state index contributed by atoms with van der Waals surface area (Å²) in [4.78, 5) is 11.2. The van der Waals surface area contributed by atoms with E-state index in [4.69, 9.17) is 5.73 Å². The van der Waals surface area contributed by atoms with Crippen molar-refractivity contribution in [3.8, 4) is 0 Å². The monoisotopic (exact) mass is 305 g/mol. The zero-order valence-electron chi connectivity index (χ0n) is 7.96. The van der Waals surface area contributed by atoms with Gasteiger partial charge in [0, 0.05) is 6.54 Å². The fourth-order valence-corrected chi connectivity index (χ4v) is 2.72. The molecule has 0 spiro atoms. The largest absolute Gasteiger partial charge is 0.365 e. The third-order valence-electron chi connectivity index (χ3n) is 2.62. The van der Waals surface area contributed by atoms with Crippen molar-refractivity contribution < 1.29 is 4.79 Å². The van der Waals surface area contributed by atoms with E-state index in [-0.39, 0.29) is 5.91 Å². The predicted octanol–water partition coefficient (Wildman–Crippen LogP) is 1.17. The second kappa shape index (κ2) is 3.52. The van der Waals surface area contributed by atoms with Crippen LogP contribution in [0.15, 0.2) is 0 Å². The molecule has 1 atom stereocenters. The van der Waals surface area contributed by atoms with Gasteiger partial charge in [-0.05, 0) is 41.4 Å². The van der Waals surface area contributed by atoms with Gasteiger partial charge in [-0.25, -0.2) is 0 Å². The van der Waals surface area contributed by atoms with Gasteiger partial charge in [0.2, 0.25) is 0 Å². The molecule has 1 aliphatic heterocycles. The Balaban J connectivity index is 2.49. The maximum atomic E-state index is 11.2. The number of rotatable bonds is 1. The SMILES string of the molecule is CC1CCc2c(C(N)=O)c(I)nn2C1. The number of primary amides is 1. The molecule has 1 aliphatic rings. The van der Waals surface area contributed by atoms with E-state index in [2.05, 4.69) is 34.6 Å². The summed E-state index contributed by atoms with van der Waals surface area (Å²) >= 11 is 2.07. The van der Waals surface area contributed by atoms with E-state index in [9.17, 15) is 4.79 Å². The van der Waals surface area contributed by atoms with Gasteiger partial charge in [0.25, 0.3) is 5.91 Å². The third-order valence-corrected chi connectivity index (χ3v) is 3.38. The van der Waals surface area contributed by atoms with E-state index >= 15 is 0 Å². The molecule has 2 rings (SSSR count). The van der Waals surface area contributed by atoms with Crippen molar-refractivity contribution in [1.82, 2.24) is 9.78 Å². The number of hydrogen-bond donors (Lipinski definition) is 1. The van der Waals surface area contributed by atoms with E-state index in [1.54, 1.807) is 0 Å². The Kier molecular flexibility index (Phi) is 2.50. The molecule has 0 saturated carbocycles. The molecule has 76 valence electrons. The second-order valence-electron chi connectivity index (χ2n) is 3.80. The first-order valence-electron chi connectivity index (χ1n) is 4.64. The lowest BCUT2D eigenvalue weighted by molar-refractivity contribution is 0.0998. The summed E-state index contributed by atoms with van der Waals surface area (Å²) in [5, 5.41) is 4.33. The molecule has 1 aromatic heterocycles. The number of aromatic nitrogens is 2. The summed E-state index contributed by atoms with van der Waals surface area (Å²) in [6.07, 6.45) is 2.03. The standard InChI is InChI=1S/C9H12IN3O/c1-5-2-3-6-7(9(11)14)8(10)12-13(6)4-5/h5H,2-4H2,1H3,(H2,11,14). The first-order chi connectivity index (χ1) is 6.59. The van der Waals surface area contributed by atoms with Gasteiger partial charge in [0.15, 0.2) is 0 Å². The molecule has 2 N–H and O–H groups in total. The Labute approximate surface area is 96.0 Å². The maximum absolute atomic E-state index is 11.2. The molecular weight excluding hydrogens is 293 g/mol. The van der Waals surface area contributed by atoms with Gasteiger partial charge in [0.1, 0.15) is 3.70 Å². The van der Waals surface area contributed by atoms with Crippen molar-refractivity contribution in [3.05, 3.63) is 15.0 Å². The van der Waals surface area contributed by atoms with E-state index in [0.717, 1.165) is 28.8 Å². The zero-order chi connectivity index (χ0) is 10.3. The van der Waals surface area contributed by atoms with Crippen LogP contribution in [0.1, 0.15) is 29.4 Å². The number of carbonyl (C=O) groups excluding carboxylic acids is 1. The Morgan fingerprint density at radius 2 is 2.43 bits per heavy atom. The summed E-state index contributed by atoms with van der Waals surface area (Å²) in [5.41, 5.74) is 6.96. The average molecular weight is 305 g/mol. The topological polar surface area (TPSA) is 60.9 Å². The van der Waals surface area contributed by atoms with Crippen molar-refractivity contribution in [3.63, 3.8) is 0 Å². The molecule has 0 aliphatic carbocycles. The number of fused-ring (bicyclic) bond motifs is 1. The number of nitrogens with two attached hydrogens (primary N) is 1. The molecule has 0 saturated heterocycles. The zero-order valence-corrected chi connectivity index (χ0v) is 10.1. The van der Waals surface area contributed by atoms with E-state index in [1.807, 2.05) is 4.68 Å². The van der Waals surface area contributed by atoms with Crippen LogP contribution in [0.25, 0.3) is 0 Å². The van der Waals surface area contributed by atoms with Crippen molar-refractivity contribution in [1.29, 1.82) is 0 Å². The summed E-state index contributed by atoms with van der Waals surface area (Å²) in [6.45, 7) is 3.10. The van der Waals surface area contributed by atoms with E-state index < -0.39 is 0 Å². The van der Waals surface area contributed by atoms with Crippen molar-refractivity contribution in [2.24, 2.45) is 11.7 Å². The molecule has 5 heteroatoms. The molecule has 1 aromatic rings. The van der Waals surface area contributed by atoms with Crippen LogP contribution in [-0.2, 0) is 13.0 Å². The van der Waals surface area contributed by atoms with Crippen LogP contribution in [0.3, 0.4) is 0 Å². The lowest BCUT2D eigenvalue weighted by atomic mass is 9.98. The van der Waals surface area contributed by atoms with Crippen LogP contribution in [0.5, 0.6) is 0 Å². The summed E-state index contributed by atoms with van der Waals surface area (Å²) in [5.74, 6) is 0.282. The predicted molar refractivity (Wildman–Crippen MR) is 60.9 cm³/mol. The van der Waals surface area contributed by atoms with Gasteiger partial charge in [-0.1, -0.05) is 6.92 Å². The molecule has 1 unspecified atom stereocenters. The molecule has 4 nitrogen and oxygen atoms in total. The molecule has 1 amide bonds. The van der Waals surface area contributed by atoms with Gasteiger partial charge >= 0.3 is 0 Å². The lowest BCUT2D eigenvalue weighted by Gasteiger charge is -2.19. The Morgan fingerprint density at radius 1 is 1.71 bits per heavy atom. The summed E-state index contributed by atoms with van der Waals surface area (Å²) in [6, 6.07) is 0. The molecular formula is C9H12IN3O. The molecule has 0 aromatic carbocycles. The first-order valence-corrected chi connectivity index (χ1v) is 5.72. The van der Waals surface area contributed by atoms with Crippen LogP contribution < -0.4 is 5.73 Å². The smallest absolute Gasteiger partial charge is 0.253 e. The summed E-state index contributed by atoms with van der Waals surface area (Å²) in [7, 11) is 0. The van der Waals surface area contributed by atoms with Crippen molar-refractivity contribution in [2.45, 2.75) is 26.3 Å². The van der Waals surface area contributed by atoms with Gasteiger partial charge in [-0.15, -0.1) is 0 Å². The summed E-state index contributed by atoms with van der Waals surface area (Å²) < 4.78 is 2.66. The molecule has 2 heterocycles. The third kappa shape index (κ3) is 1.53. The highest BCUT2D eigenvalue weighted by atomic mass is 127. The maximum Gasteiger partial charge on any atom is 0.253 e. The highest BCUT2D eigenvalue weighted by molar-refractivity contribution is 14.1. The number of amides is 1. The quantitative estimate of drug-likeness (QED) is 0.792. The fraction of sp³-hybridized carbons (Fsp3) is 0.556. The van der Waals surface area contributed by atoms with Gasteiger partial charge in [-0.2, -0.15) is 5.10 Å². The van der Waals surface area contributed by atoms with Crippen molar-refractivity contribution >= 4 is 28.5 Å². The van der Waals surface area contributed by atoms with E-state index in [0.29, 0.717) is 11.5 Å². The van der Waals surface area contributed by atoms with Crippen LogP contribution in [0, 0.1) is 9.62 Å². The Hall–Kier alpha value is -0.590. The van der Waals surface area contributed by atoms with E-state index in [1.165, 1.54) is 0 Å². The average Bonchev–Trinajstić information content (AvgIpc) is 2.39. The second-order valence-corrected chi connectivity index (χ2v) is 4.82. The lowest BCUT2D eigenvalue weighted by Crippen LogP contribution is -2.21. The van der Waals surface area contributed by atoms with Crippen LogP contribution in [-0.4, -0.2) is 15.7 Å². The number of nitrogens with zero attached hydrogens (tertiary/aromatic N) is 2. The Bertz CT molecular complexity index is 386. The van der Waals surface area contributed by atoms with Gasteiger partial charge < -0.3 is 5.73 Å². The minimum atomic E-state index is -0.356. The molecule has 0 bridgehead atoms. The first kappa shape index (κ1) is 9.95. The highest BCUT2D eigenvalue weighted by Gasteiger charge is 2.24. The van der Waals surface area contributed by atoms with Crippen LogP contribution >= 0.6 is 22.6 Å². The van der Waals surface area contributed by atoms with Crippen molar-refractivity contribution in [2.75, 3.05) is 0 Å². The number of halogens is 1.